The topological polar surface area (TPSA) is 161 Å². The summed E-state index contributed by atoms with van der Waals surface area (Å²) in [4.78, 5) is 37.0. The zero-order valence-electron chi connectivity index (χ0n) is 12.6. The minimum Gasteiger partial charge on any atom is -0.550 e. The zero-order valence-corrected chi connectivity index (χ0v) is 13.6. The van der Waals surface area contributed by atoms with E-state index in [2.05, 4.69) is 0 Å². The molecule has 0 bridgehead atoms. The van der Waals surface area contributed by atoms with Crippen molar-refractivity contribution in [1.82, 2.24) is 0 Å². The Hall–Kier alpha value is -1.90. The fourth-order valence-corrected chi connectivity index (χ4v) is 0. The van der Waals surface area contributed by atoms with E-state index in [0.717, 1.165) is 0 Å². The van der Waals surface area contributed by atoms with Crippen LogP contribution in [-0.2, 0) is 19.2 Å². The predicted octanol–water partition coefficient (Wildman–Crippen LogP) is -3.80. The van der Waals surface area contributed by atoms with Gasteiger partial charge >= 0.3 is 11.0 Å². The second-order valence-corrected chi connectivity index (χ2v) is 2.90. The van der Waals surface area contributed by atoms with Crippen LogP contribution >= 0.6 is 0 Å². The Balaban J connectivity index is -0.0000000533. The molecule has 0 N–H and O–H groups in total. The molecule has 0 fully saturated rings. The summed E-state index contributed by atoms with van der Waals surface area (Å²) in [6.45, 7) is 6.15. The van der Waals surface area contributed by atoms with E-state index in [1.165, 1.54) is 27.7 Å². The van der Waals surface area contributed by atoms with Crippen molar-refractivity contribution in [3.8, 4) is 0 Å². The van der Waals surface area contributed by atoms with Gasteiger partial charge in [0.2, 0.25) is 0 Å². The van der Waals surface area contributed by atoms with Crippen LogP contribution in [0.4, 0.5) is 0 Å². The Morgan fingerprint density at radius 1 is 0.524 bits per heavy atom. The van der Waals surface area contributed by atoms with Crippen LogP contribution in [0.15, 0.2) is 0 Å². The molecule has 0 amide bonds. The van der Waals surface area contributed by atoms with E-state index in [-0.39, 0.29) is 36.6 Å². The van der Waals surface area contributed by atoms with Crippen molar-refractivity contribution < 1.29 is 39.6 Å². The van der Waals surface area contributed by atoms with Gasteiger partial charge in [0.05, 0.1) is 0 Å². The summed E-state index contributed by atoms with van der Waals surface area (Å²) >= 11 is 0. The number of rotatable bonds is 4. The summed E-state index contributed by atoms with van der Waals surface area (Å²) in [6, 6.07) is 0. The summed E-state index contributed by atoms with van der Waals surface area (Å²) in [7, 11) is 0. The summed E-state index contributed by atoms with van der Waals surface area (Å²) in [5.41, 5.74) is 0. The standard InChI is InChI=1S/4C3H6O2.Si/c4*1-2-3(4)5;/h4*2H2,1H3,(H,4,5);/q;;;;+4/p-4. The number of carbonyl (C=O) groups is 4. The SMILES string of the molecule is CCC(=O)[O-].CCC(=O)[O-].CCC(=O)[O-].CCC(=O)[O-].[Si+4]. The fourth-order valence-electron chi connectivity index (χ4n) is 0. The maximum absolute atomic E-state index is 9.26. The Labute approximate surface area is 128 Å². The molecule has 0 aromatic carbocycles. The van der Waals surface area contributed by atoms with Gasteiger partial charge in [0, 0.05) is 23.9 Å². The molecule has 21 heavy (non-hydrogen) atoms. The summed E-state index contributed by atoms with van der Waals surface area (Å²) < 4.78 is 0. The third-order valence-corrected chi connectivity index (χ3v) is 1.15. The van der Waals surface area contributed by atoms with Gasteiger partial charge in [0.1, 0.15) is 0 Å². The Bertz CT molecular complexity index is 222. The largest absolute Gasteiger partial charge is 4.00 e. The van der Waals surface area contributed by atoms with Crippen molar-refractivity contribution in [2.45, 2.75) is 53.4 Å². The first-order valence-corrected chi connectivity index (χ1v) is 5.88. The van der Waals surface area contributed by atoms with E-state index < -0.39 is 23.9 Å². The molecule has 0 aromatic heterocycles. The molecule has 0 aliphatic rings. The molecule has 0 aliphatic carbocycles. The van der Waals surface area contributed by atoms with E-state index in [0.29, 0.717) is 0 Å². The molecule has 0 saturated heterocycles. The van der Waals surface area contributed by atoms with Crippen molar-refractivity contribution >= 4 is 34.8 Å². The van der Waals surface area contributed by atoms with E-state index in [1.807, 2.05) is 0 Å². The first-order chi connectivity index (χ1) is 9.08. The van der Waals surface area contributed by atoms with Crippen LogP contribution in [-0.4, -0.2) is 34.8 Å². The molecule has 9 heteroatoms. The van der Waals surface area contributed by atoms with E-state index in [1.54, 1.807) is 0 Å². The van der Waals surface area contributed by atoms with E-state index >= 15 is 0 Å². The first-order valence-electron chi connectivity index (χ1n) is 5.88. The quantitative estimate of drug-likeness (QED) is 0.476. The average Bonchev–Trinajstić information content (AvgIpc) is 2.40. The van der Waals surface area contributed by atoms with Gasteiger partial charge in [-0.25, -0.2) is 0 Å². The predicted molar refractivity (Wildman–Crippen MR) is 66.9 cm³/mol. The van der Waals surface area contributed by atoms with Crippen LogP contribution in [0.25, 0.3) is 0 Å². The minimum absolute atomic E-state index is 0. The molecule has 0 rings (SSSR count). The van der Waals surface area contributed by atoms with Crippen LogP contribution in [0.1, 0.15) is 53.4 Å². The van der Waals surface area contributed by atoms with Gasteiger partial charge in [0.25, 0.3) is 0 Å². The van der Waals surface area contributed by atoms with Crippen molar-refractivity contribution in [2.75, 3.05) is 0 Å². The third-order valence-electron chi connectivity index (χ3n) is 1.15. The Morgan fingerprint density at radius 3 is 0.571 bits per heavy atom. The molecule has 0 aromatic rings. The van der Waals surface area contributed by atoms with Crippen LogP contribution in [0.2, 0.25) is 0 Å². The smallest absolute Gasteiger partial charge is 0.550 e. The van der Waals surface area contributed by atoms with E-state index in [4.69, 9.17) is 0 Å². The van der Waals surface area contributed by atoms with Crippen molar-refractivity contribution in [1.29, 1.82) is 0 Å². The summed E-state index contributed by atoms with van der Waals surface area (Å²) in [5, 5.41) is 37.0. The number of aliphatic carboxylic acids is 4. The third kappa shape index (κ3) is 126. The van der Waals surface area contributed by atoms with Gasteiger partial charge in [-0.2, -0.15) is 0 Å². The molecule has 8 nitrogen and oxygen atoms in total. The van der Waals surface area contributed by atoms with Gasteiger partial charge < -0.3 is 39.6 Å². The molecular weight excluding hydrogens is 300 g/mol. The first kappa shape index (κ1) is 31.5. The van der Waals surface area contributed by atoms with E-state index in [9.17, 15) is 39.6 Å². The number of carboxylic acids is 4. The number of hydrogen-bond acceptors (Lipinski definition) is 8. The van der Waals surface area contributed by atoms with Gasteiger partial charge in [0.15, 0.2) is 0 Å². The number of hydrogen-bond donors (Lipinski definition) is 0. The number of carboxylic acid groups (broad SMARTS) is 4. The van der Waals surface area contributed by atoms with Crippen molar-refractivity contribution in [3.05, 3.63) is 0 Å². The van der Waals surface area contributed by atoms with Crippen LogP contribution in [0, 0.1) is 0 Å². The number of carbonyl (C=O) groups excluding carboxylic acids is 4. The average molecular weight is 320 g/mol. The second kappa shape index (κ2) is 26.6. The monoisotopic (exact) mass is 320 g/mol. The minimum atomic E-state index is -0.995. The van der Waals surface area contributed by atoms with Gasteiger partial charge in [-0.1, -0.05) is 27.7 Å². The van der Waals surface area contributed by atoms with Crippen LogP contribution in [0.5, 0.6) is 0 Å². The molecule has 0 aliphatic heterocycles. The van der Waals surface area contributed by atoms with Crippen molar-refractivity contribution in [2.24, 2.45) is 0 Å². The van der Waals surface area contributed by atoms with Crippen LogP contribution in [0.3, 0.4) is 0 Å². The maximum Gasteiger partial charge on any atom is 4.00 e. The molecule has 0 unspecified atom stereocenters. The molecule has 0 spiro atoms. The Morgan fingerprint density at radius 2 is 0.571 bits per heavy atom. The molecular formula is C12H20O8Si. The summed E-state index contributed by atoms with van der Waals surface area (Å²) in [5.74, 6) is -3.98. The van der Waals surface area contributed by atoms with Crippen molar-refractivity contribution in [3.63, 3.8) is 0 Å². The molecule has 0 radical (unpaired) electrons. The second-order valence-electron chi connectivity index (χ2n) is 2.90. The zero-order chi connectivity index (χ0) is 17.1. The fraction of sp³-hybridized carbons (Fsp3) is 0.667. The van der Waals surface area contributed by atoms with Crippen LogP contribution < -0.4 is 20.4 Å². The normalized spacial score (nSPS) is 7.05. The van der Waals surface area contributed by atoms with Gasteiger partial charge in [-0.05, 0) is 25.7 Å². The van der Waals surface area contributed by atoms with Gasteiger partial charge in [-0.15, -0.1) is 0 Å². The Kier molecular flexibility index (Phi) is 39.9. The molecule has 0 atom stereocenters. The summed E-state index contributed by atoms with van der Waals surface area (Å²) in [6.07, 6.45) is 0.444. The molecule has 120 valence electrons. The van der Waals surface area contributed by atoms with Gasteiger partial charge in [-0.3, -0.25) is 0 Å². The molecule has 0 heterocycles. The maximum atomic E-state index is 9.26. The molecule has 0 saturated carbocycles.